The Hall–Kier alpha value is -5.72. The van der Waals surface area contributed by atoms with Crippen LogP contribution in [0.4, 0.5) is 21.0 Å². The molecule has 2 atom stereocenters. The molecule has 0 saturated heterocycles. The fourth-order valence-electron chi connectivity index (χ4n) is 3.17. The molecule has 0 spiro atoms. The highest BCUT2D eigenvalue weighted by molar-refractivity contribution is 5.80. The van der Waals surface area contributed by atoms with E-state index in [9.17, 15) is 44.5 Å². The van der Waals surface area contributed by atoms with Crippen molar-refractivity contribution in [2.75, 3.05) is 0 Å². The smallest absolute Gasteiger partial charge is 0.502 e. The highest BCUT2D eigenvalue weighted by Gasteiger charge is 2.25. The molecule has 0 bridgehead atoms. The zero-order valence-electron chi connectivity index (χ0n) is 26.3. The number of aliphatic carboxylic acids is 2. The van der Waals surface area contributed by atoms with Crippen LogP contribution in [0.15, 0.2) is 36.4 Å². The van der Waals surface area contributed by atoms with Gasteiger partial charge in [0.1, 0.15) is 23.3 Å². The summed E-state index contributed by atoms with van der Waals surface area (Å²) >= 11 is 0. The van der Waals surface area contributed by atoms with Crippen LogP contribution in [0.1, 0.15) is 52.7 Å². The fourth-order valence-corrected chi connectivity index (χ4v) is 3.17. The van der Waals surface area contributed by atoms with Crippen molar-refractivity contribution in [3.05, 3.63) is 67.8 Å². The van der Waals surface area contributed by atoms with Crippen LogP contribution in [-0.4, -0.2) is 82.9 Å². The molecule has 0 saturated carbocycles. The van der Waals surface area contributed by atoms with Gasteiger partial charge in [-0.3, -0.25) is 25.0 Å². The van der Waals surface area contributed by atoms with Crippen LogP contribution >= 0.6 is 0 Å². The molecule has 0 heterocycles. The highest BCUT2D eigenvalue weighted by Crippen LogP contribution is 2.27. The van der Waals surface area contributed by atoms with E-state index in [4.69, 9.17) is 30.9 Å². The van der Waals surface area contributed by atoms with Gasteiger partial charge in [-0.15, -0.1) is 0 Å². The normalized spacial score (nSPS) is 12.0. The predicted molar refractivity (Wildman–Crippen MR) is 162 cm³/mol. The molecular formula is C28H38N4O15. The number of alkyl carbamates (subject to hydrolysis) is 1. The second-order valence-corrected chi connectivity index (χ2v) is 11.5. The van der Waals surface area contributed by atoms with E-state index in [0.29, 0.717) is 5.56 Å². The maximum Gasteiger partial charge on any atom is 0.506 e. The summed E-state index contributed by atoms with van der Waals surface area (Å²) in [7, 11) is 0. The lowest BCUT2D eigenvalue weighted by Crippen LogP contribution is -2.44. The Bertz CT molecular complexity index is 1450. The van der Waals surface area contributed by atoms with E-state index in [1.165, 1.54) is 12.1 Å². The van der Waals surface area contributed by atoms with Crippen LogP contribution in [0, 0.1) is 20.2 Å². The standard InChI is InChI=1S/C14H18N2O7.C9H10N2O5.C5H10O3/c1-14(2,3)23-13(20)15-9(12(18)19)6-8-4-5-11(17)10(7-8)16(21)22;10-6(9(13)14)3-5-1-2-8(12)7(4-5)11(15)16;1-5(2,3)8-4(6)7/h4-5,7,9,17H,6H2,1-3H3,(H,15,20)(H,18,19);1-2,4,6,12H,3,10H2,(H,13,14);1-3H3,(H,6,7)/t9-;6-;/m00./s1. The summed E-state index contributed by atoms with van der Waals surface area (Å²) in [5, 5.41) is 67.7. The summed E-state index contributed by atoms with van der Waals surface area (Å²) in [5.41, 5.74) is 3.58. The second kappa shape index (κ2) is 17.7. The first-order chi connectivity index (χ1) is 21.3. The number of carboxylic acid groups (broad SMARTS) is 3. The van der Waals surface area contributed by atoms with Gasteiger partial charge in [0.05, 0.1) is 9.85 Å². The third kappa shape index (κ3) is 17.4. The Labute approximate surface area is 267 Å². The molecule has 0 aliphatic rings. The van der Waals surface area contributed by atoms with Crippen molar-refractivity contribution >= 4 is 35.6 Å². The molecule has 19 heteroatoms. The van der Waals surface area contributed by atoms with E-state index in [1.54, 1.807) is 41.5 Å². The summed E-state index contributed by atoms with van der Waals surface area (Å²) in [6, 6.07) is 4.69. The Morgan fingerprint density at radius 1 is 0.766 bits per heavy atom. The molecule has 19 nitrogen and oxygen atoms in total. The summed E-state index contributed by atoms with van der Waals surface area (Å²) in [6.07, 6.45) is -2.36. The Balaban J connectivity index is 0.000000761. The number of carboxylic acids is 2. The quantitative estimate of drug-likeness (QED) is 0.114. The van der Waals surface area contributed by atoms with E-state index in [1.807, 2.05) is 0 Å². The number of ether oxygens (including phenoxy) is 2. The van der Waals surface area contributed by atoms with Gasteiger partial charge >= 0.3 is 35.6 Å². The Morgan fingerprint density at radius 2 is 1.17 bits per heavy atom. The van der Waals surface area contributed by atoms with E-state index in [-0.39, 0.29) is 18.4 Å². The number of amides is 1. The first-order valence-corrected chi connectivity index (χ1v) is 13.4. The molecule has 2 aromatic rings. The maximum atomic E-state index is 11.6. The van der Waals surface area contributed by atoms with Crippen LogP contribution in [0.25, 0.3) is 0 Å². The number of carbonyl (C=O) groups excluding carboxylic acids is 1. The number of nitrogens with two attached hydrogens (primary N) is 1. The molecule has 8 N–H and O–H groups in total. The van der Waals surface area contributed by atoms with Crippen molar-refractivity contribution in [1.29, 1.82) is 0 Å². The molecule has 2 rings (SSSR count). The number of nitro groups is 2. The molecule has 1 amide bonds. The number of aromatic hydroxyl groups is 2. The summed E-state index contributed by atoms with van der Waals surface area (Å²) < 4.78 is 9.33. The van der Waals surface area contributed by atoms with Crippen molar-refractivity contribution in [3.63, 3.8) is 0 Å². The molecule has 0 aliphatic heterocycles. The zero-order valence-corrected chi connectivity index (χ0v) is 26.3. The predicted octanol–water partition coefficient (Wildman–Crippen LogP) is 3.56. The van der Waals surface area contributed by atoms with Gasteiger partial charge in [-0.2, -0.15) is 0 Å². The first-order valence-electron chi connectivity index (χ1n) is 13.4. The van der Waals surface area contributed by atoms with Gasteiger partial charge in [-0.1, -0.05) is 12.1 Å². The van der Waals surface area contributed by atoms with Crippen LogP contribution in [-0.2, 0) is 31.9 Å². The number of nitro benzene ring substituents is 2. The molecule has 0 radical (unpaired) electrons. The molecule has 2 aromatic carbocycles. The minimum absolute atomic E-state index is 0.0313. The first kappa shape index (κ1) is 41.3. The van der Waals surface area contributed by atoms with Gasteiger partial charge in [0.2, 0.25) is 0 Å². The third-order valence-corrected chi connectivity index (χ3v) is 5.07. The number of nitrogens with zero attached hydrogens (tertiary/aromatic N) is 2. The minimum atomic E-state index is -1.33. The van der Waals surface area contributed by atoms with E-state index < -0.39 is 80.2 Å². The number of phenols is 2. The topological polar surface area (TPSA) is 312 Å². The Morgan fingerprint density at radius 3 is 1.47 bits per heavy atom. The van der Waals surface area contributed by atoms with Gasteiger partial charge in [0.25, 0.3) is 0 Å². The number of carbonyl (C=O) groups is 4. The van der Waals surface area contributed by atoms with Crippen LogP contribution < -0.4 is 11.1 Å². The third-order valence-electron chi connectivity index (χ3n) is 5.07. The van der Waals surface area contributed by atoms with E-state index in [2.05, 4.69) is 10.1 Å². The molecule has 0 aromatic heterocycles. The van der Waals surface area contributed by atoms with Gasteiger partial charge in [-0.05, 0) is 71.2 Å². The van der Waals surface area contributed by atoms with Crippen LogP contribution in [0.5, 0.6) is 11.5 Å². The van der Waals surface area contributed by atoms with Gasteiger partial charge in [0, 0.05) is 18.6 Å². The molecule has 0 fully saturated rings. The van der Waals surface area contributed by atoms with Crippen molar-refractivity contribution in [3.8, 4) is 11.5 Å². The van der Waals surface area contributed by atoms with Crippen molar-refractivity contribution < 1.29 is 64.0 Å². The number of hydrogen-bond acceptors (Lipinski definition) is 13. The molecular weight excluding hydrogens is 632 g/mol. The van der Waals surface area contributed by atoms with Gasteiger partial charge in [-0.25, -0.2) is 14.4 Å². The van der Waals surface area contributed by atoms with Gasteiger partial charge < -0.3 is 46.1 Å². The maximum absolute atomic E-state index is 11.6. The molecule has 0 aliphatic carbocycles. The average Bonchev–Trinajstić information content (AvgIpc) is 2.88. The SMILES string of the molecule is CC(C)(C)OC(=O)N[C@@H](Cc1ccc(O)c([N+](=O)[O-])c1)C(=O)O.CC(C)(C)OC(=O)O.N[C@@H](Cc1ccc(O)c([N+](=O)[O-])c1)C(=O)O. The Kier molecular flexibility index (Phi) is 15.5. The lowest BCUT2D eigenvalue weighted by Gasteiger charge is -2.22. The average molecular weight is 671 g/mol. The minimum Gasteiger partial charge on any atom is -0.502 e. The van der Waals surface area contributed by atoms with Crippen molar-refractivity contribution in [1.82, 2.24) is 5.32 Å². The van der Waals surface area contributed by atoms with Gasteiger partial charge in [0.15, 0.2) is 11.5 Å². The number of nitrogens with one attached hydrogen (secondary N) is 1. The number of rotatable bonds is 9. The number of benzene rings is 2. The number of hydrogen-bond donors (Lipinski definition) is 7. The summed E-state index contributed by atoms with van der Waals surface area (Å²) in [5.74, 6) is -3.48. The molecule has 47 heavy (non-hydrogen) atoms. The zero-order chi connectivity index (χ0) is 36.9. The van der Waals surface area contributed by atoms with Crippen LogP contribution in [0.3, 0.4) is 0 Å². The van der Waals surface area contributed by atoms with Crippen molar-refractivity contribution in [2.24, 2.45) is 5.73 Å². The second-order valence-electron chi connectivity index (χ2n) is 11.5. The summed E-state index contributed by atoms with van der Waals surface area (Å²) in [6.45, 7) is 9.94. The van der Waals surface area contributed by atoms with E-state index >= 15 is 0 Å². The van der Waals surface area contributed by atoms with E-state index in [0.717, 1.165) is 24.3 Å². The monoisotopic (exact) mass is 670 g/mol. The number of phenolic OH excluding ortho intramolecular Hbond substituents is 2. The lowest BCUT2D eigenvalue weighted by atomic mass is 10.1. The lowest BCUT2D eigenvalue weighted by molar-refractivity contribution is -0.386. The van der Waals surface area contributed by atoms with Crippen molar-refractivity contribution in [2.45, 2.75) is 77.7 Å². The van der Waals surface area contributed by atoms with Crippen LogP contribution in [0.2, 0.25) is 0 Å². The molecule has 260 valence electrons. The largest absolute Gasteiger partial charge is 0.506 e. The highest BCUT2D eigenvalue weighted by atomic mass is 16.7. The fraction of sp³-hybridized carbons (Fsp3) is 0.429. The molecule has 0 unspecified atom stereocenters. The summed E-state index contributed by atoms with van der Waals surface area (Å²) in [4.78, 5) is 62.9.